The Labute approximate surface area is 182 Å². The fourth-order valence-corrected chi connectivity index (χ4v) is 4.64. The number of nitrogens with one attached hydrogen (secondary N) is 1. The maximum absolute atomic E-state index is 10.9. The summed E-state index contributed by atoms with van der Waals surface area (Å²) in [5.74, 6) is 0.620. The molecule has 3 aromatic rings. The number of rotatable bonds is 7. The van der Waals surface area contributed by atoms with E-state index < -0.39 is 5.91 Å². The fraction of sp³-hybridized carbons (Fsp3) is 0.320. The number of likely N-dealkylation sites (tertiary alicyclic amines) is 1. The van der Waals surface area contributed by atoms with E-state index >= 15 is 0 Å². The molecule has 162 valence electrons. The minimum Gasteiger partial charge on any atom is -0.508 e. The van der Waals surface area contributed by atoms with Gasteiger partial charge in [-0.25, -0.2) is 0 Å². The number of nitrogens with zero attached hydrogens (tertiary/aromatic N) is 1. The molecule has 6 nitrogen and oxygen atoms in total. The Balaban J connectivity index is 1.52. The number of fused-ring (bicyclic) bond motifs is 1. The molecule has 1 atom stereocenters. The van der Waals surface area contributed by atoms with E-state index in [4.69, 9.17) is 10.5 Å². The highest BCUT2D eigenvalue weighted by molar-refractivity contribution is 5.90. The zero-order chi connectivity index (χ0) is 22.0. The summed E-state index contributed by atoms with van der Waals surface area (Å²) in [5.41, 5.74) is 10.5. The zero-order valence-electron chi connectivity index (χ0n) is 18.0. The zero-order valence-corrected chi connectivity index (χ0v) is 18.0. The van der Waals surface area contributed by atoms with Gasteiger partial charge in [-0.1, -0.05) is 12.1 Å². The highest BCUT2D eigenvalue weighted by Crippen LogP contribution is 2.37. The summed E-state index contributed by atoms with van der Waals surface area (Å²) in [5, 5.41) is 11.8. The highest BCUT2D eigenvalue weighted by atomic mass is 16.5. The number of carbonyl (C=O) groups excluding carboxylic acids is 1. The summed E-state index contributed by atoms with van der Waals surface area (Å²) < 4.78 is 5.41. The number of hydrogen-bond acceptors (Lipinski definition) is 4. The van der Waals surface area contributed by atoms with Crippen molar-refractivity contribution in [1.82, 2.24) is 9.88 Å². The van der Waals surface area contributed by atoms with E-state index in [0.717, 1.165) is 54.7 Å². The summed E-state index contributed by atoms with van der Waals surface area (Å²) >= 11 is 0. The van der Waals surface area contributed by atoms with Gasteiger partial charge < -0.3 is 20.6 Å². The Morgan fingerprint density at radius 2 is 2.16 bits per heavy atom. The molecule has 0 saturated carbocycles. The molecule has 31 heavy (non-hydrogen) atoms. The highest BCUT2D eigenvalue weighted by Gasteiger charge is 2.28. The first-order chi connectivity index (χ1) is 15.0. The van der Waals surface area contributed by atoms with Crippen LogP contribution in [0.4, 0.5) is 0 Å². The average Bonchev–Trinajstić information content (AvgIpc) is 3.33. The summed E-state index contributed by atoms with van der Waals surface area (Å²) in [4.78, 5) is 16.9. The number of phenolic OH excluding ortho intramolecular Hbond substituents is 1. The van der Waals surface area contributed by atoms with Crippen LogP contribution >= 0.6 is 0 Å². The first-order valence-electron chi connectivity index (χ1n) is 10.7. The predicted octanol–water partition coefficient (Wildman–Crippen LogP) is 4.07. The molecule has 6 heteroatoms. The van der Waals surface area contributed by atoms with Crippen LogP contribution in [0.15, 0.2) is 42.5 Å². The van der Waals surface area contributed by atoms with Crippen LogP contribution in [0.1, 0.15) is 41.3 Å². The molecule has 2 heterocycles. The van der Waals surface area contributed by atoms with Crippen molar-refractivity contribution in [3.05, 3.63) is 64.9 Å². The molecule has 0 aliphatic carbocycles. The lowest BCUT2D eigenvalue weighted by Crippen LogP contribution is -2.26. The van der Waals surface area contributed by atoms with Crippen LogP contribution in [0.25, 0.3) is 17.0 Å². The molecule has 2 aromatic carbocycles. The number of aromatic nitrogens is 1. The molecule has 1 aromatic heterocycles. The molecule has 1 amide bonds. The second-order valence-electron chi connectivity index (χ2n) is 8.14. The van der Waals surface area contributed by atoms with Crippen molar-refractivity contribution in [2.24, 2.45) is 5.73 Å². The Morgan fingerprint density at radius 1 is 1.32 bits per heavy atom. The van der Waals surface area contributed by atoms with E-state index in [-0.39, 0.29) is 11.8 Å². The number of aromatic amines is 1. The summed E-state index contributed by atoms with van der Waals surface area (Å²) in [6, 6.07) is 11.9. The number of methoxy groups -OCH3 is 1. The second-order valence-corrected chi connectivity index (χ2v) is 8.14. The number of hydrogen-bond donors (Lipinski definition) is 3. The van der Waals surface area contributed by atoms with Gasteiger partial charge in [-0.2, -0.15) is 0 Å². The van der Waals surface area contributed by atoms with Gasteiger partial charge in [0, 0.05) is 40.8 Å². The third-order valence-electron chi connectivity index (χ3n) is 6.19. The van der Waals surface area contributed by atoms with Crippen LogP contribution in [-0.4, -0.2) is 41.1 Å². The first kappa shape index (κ1) is 21.0. The Morgan fingerprint density at radius 3 is 2.90 bits per heavy atom. The van der Waals surface area contributed by atoms with Crippen molar-refractivity contribution >= 4 is 22.9 Å². The average molecular weight is 420 g/mol. The van der Waals surface area contributed by atoms with Crippen LogP contribution in [0.5, 0.6) is 11.5 Å². The second kappa shape index (κ2) is 8.86. The number of benzene rings is 2. The van der Waals surface area contributed by atoms with Crippen molar-refractivity contribution in [3.63, 3.8) is 0 Å². The molecular weight excluding hydrogens is 390 g/mol. The minimum atomic E-state index is -0.504. The molecule has 0 radical (unpaired) electrons. The fourth-order valence-electron chi connectivity index (χ4n) is 4.64. The molecule has 1 unspecified atom stereocenters. The number of amides is 1. The lowest BCUT2D eigenvalue weighted by molar-refractivity contribution is -0.113. The van der Waals surface area contributed by atoms with E-state index in [0.29, 0.717) is 0 Å². The molecule has 0 bridgehead atoms. The number of aromatic hydroxyl groups is 1. The number of aryl methyl sites for hydroxylation is 1. The van der Waals surface area contributed by atoms with Crippen LogP contribution in [0, 0.1) is 6.92 Å². The van der Waals surface area contributed by atoms with Crippen molar-refractivity contribution in [2.45, 2.75) is 32.2 Å². The normalized spacial score (nSPS) is 17.0. The van der Waals surface area contributed by atoms with Gasteiger partial charge in [0.25, 0.3) is 0 Å². The summed E-state index contributed by atoms with van der Waals surface area (Å²) in [6.07, 6.45) is 5.97. The third-order valence-corrected chi connectivity index (χ3v) is 6.19. The van der Waals surface area contributed by atoms with Gasteiger partial charge in [0.1, 0.15) is 11.5 Å². The van der Waals surface area contributed by atoms with Gasteiger partial charge in [-0.15, -0.1) is 0 Å². The number of carbonyl (C=O) groups is 1. The van der Waals surface area contributed by atoms with E-state index in [1.165, 1.54) is 22.7 Å². The SMILES string of the molecule is COc1ccc2[nH]c(C)c(CCN3CCCC3c3ccc(/C=C/C(N)=O)cc3O)c2c1. The van der Waals surface area contributed by atoms with Gasteiger partial charge in [-0.3, -0.25) is 9.69 Å². The molecule has 0 spiro atoms. The quantitative estimate of drug-likeness (QED) is 0.504. The van der Waals surface area contributed by atoms with E-state index in [1.54, 1.807) is 19.3 Å². The van der Waals surface area contributed by atoms with E-state index in [9.17, 15) is 9.90 Å². The Hall–Kier alpha value is -3.25. The van der Waals surface area contributed by atoms with Crippen molar-refractivity contribution in [2.75, 3.05) is 20.2 Å². The van der Waals surface area contributed by atoms with Crippen LogP contribution < -0.4 is 10.5 Å². The van der Waals surface area contributed by atoms with Gasteiger partial charge in [0.2, 0.25) is 5.91 Å². The molecule has 1 saturated heterocycles. The Kier molecular flexibility index (Phi) is 6.00. The molecule has 4 N–H and O–H groups in total. The predicted molar refractivity (Wildman–Crippen MR) is 123 cm³/mol. The molecule has 1 aliphatic heterocycles. The standard InChI is InChI=1S/C25H29N3O3/c1-16-19(21-15-18(31-2)7-9-22(21)27-16)11-13-28-12-3-4-23(28)20-8-5-17(14-24(20)29)6-10-25(26)30/h5-10,14-15,23,27,29H,3-4,11-13H2,1-2H3,(H2,26,30)/b10-6+. The lowest BCUT2D eigenvalue weighted by atomic mass is 10.0. The third kappa shape index (κ3) is 4.44. The number of nitrogens with two attached hydrogens (primary N) is 1. The van der Waals surface area contributed by atoms with Gasteiger partial charge >= 0.3 is 0 Å². The minimum absolute atomic E-state index is 0.189. The maximum Gasteiger partial charge on any atom is 0.241 e. The van der Waals surface area contributed by atoms with Crippen molar-refractivity contribution < 1.29 is 14.6 Å². The van der Waals surface area contributed by atoms with Crippen LogP contribution in [0.3, 0.4) is 0 Å². The molecule has 1 fully saturated rings. The summed E-state index contributed by atoms with van der Waals surface area (Å²) in [7, 11) is 1.69. The number of primary amides is 1. The van der Waals surface area contributed by atoms with E-state index in [2.05, 4.69) is 28.9 Å². The molecule has 4 rings (SSSR count). The smallest absolute Gasteiger partial charge is 0.241 e. The van der Waals surface area contributed by atoms with E-state index in [1.807, 2.05) is 18.2 Å². The largest absolute Gasteiger partial charge is 0.508 e. The van der Waals surface area contributed by atoms with Gasteiger partial charge in [-0.05, 0) is 74.2 Å². The van der Waals surface area contributed by atoms with Crippen LogP contribution in [0.2, 0.25) is 0 Å². The van der Waals surface area contributed by atoms with Crippen LogP contribution in [-0.2, 0) is 11.2 Å². The number of phenols is 1. The molecule has 1 aliphatic rings. The monoisotopic (exact) mass is 419 g/mol. The topological polar surface area (TPSA) is 91.6 Å². The lowest BCUT2D eigenvalue weighted by Gasteiger charge is -2.25. The number of ether oxygens (including phenoxy) is 1. The Bertz CT molecular complexity index is 1130. The van der Waals surface area contributed by atoms with Gasteiger partial charge in [0.05, 0.1) is 7.11 Å². The van der Waals surface area contributed by atoms with Gasteiger partial charge in [0.15, 0.2) is 0 Å². The first-order valence-corrected chi connectivity index (χ1v) is 10.7. The van der Waals surface area contributed by atoms with Crippen molar-refractivity contribution in [3.8, 4) is 11.5 Å². The molecular formula is C25H29N3O3. The number of H-pyrrole nitrogens is 1. The maximum atomic E-state index is 10.9. The van der Waals surface area contributed by atoms with Crippen molar-refractivity contribution in [1.29, 1.82) is 0 Å². The summed E-state index contributed by atoms with van der Waals surface area (Å²) in [6.45, 7) is 4.05.